The van der Waals surface area contributed by atoms with Crippen molar-refractivity contribution >= 4 is 16.7 Å². The highest BCUT2D eigenvalue weighted by Gasteiger charge is 2.14. The summed E-state index contributed by atoms with van der Waals surface area (Å²) in [4.78, 5) is 15.1. The Bertz CT molecular complexity index is 1220. The molecule has 0 atom stereocenters. The lowest BCUT2D eigenvalue weighted by Gasteiger charge is -2.28. The zero-order chi connectivity index (χ0) is 23.4. The van der Waals surface area contributed by atoms with Crippen molar-refractivity contribution in [3.8, 4) is 28.3 Å². The minimum atomic E-state index is 0.629. The Morgan fingerprint density at radius 1 is 0.909 bits per heavy atom. The van der Waals surface area contributed by atoms with Crippen molar-refractivity contribution in [3.05, 3.63) is 59.9 Å². The molecule has 0 saturated carbocycles. The van der Waals surface area contributed by atoms with Gasteiger partial charge in [-0.2, -0.15) is 0 Å². The summed E-state index contributed by atoms with van der Waals surface area (Å²) in [5.74, 6) is 1.68. The molecule has 4 aromatic rings. The molecule has 0 amide bonds. The summed E-state index contributed by atoms with van der Waals surface area (Å²) < 4.78 is 5.36. The molecule has 1 aromatic carbocycles. The third-order valence-corrected chi connectivity index (χ3v) is 6.01. The second kappa shape index (κ2) is 10.0. The molecule has 1 aliphatic heterocycles. The van der Waals surface area contributed by atoms with E-state index in [2.05, 4.69) is 63.5 Å². The Morgan fingerprint density at radius 3 is 2.36 bits per heavy atom. The third kappa shape index (κ3) is 4.71. The number of nitrogens with zero attached hydrogens (tertiary/aromatic N) is 3. The van der Waals surface area contributed by atoms with Gasteiger partial charge in [0.15, 0.2) is 0 Å². The molecule has 1 fully saturated rings. The number of rotatable bonds is 4. The fraction of sp³-hybridized carbons (Fsp3) is 0.333. The number of H-pyrrole nitrogens is 1. The van der Waals surface area contributed by atoms with Crippen LogP contribution in [0.3, 0.4) is 0 Å². The number of nitrogens with one attached hydrogen (secondary N) is 2. The predicted octanol–water partition coefficient (Wildman–Crippen LogP) is 5.35. The van der Waals surface area contributed by atoms with Crippen molar-refractivity contribution in [2.45, 2.75) is 27.7 Å². The normalized spacial score (nSPS) is 13.5. The highest BCUT2D eigenvalue weighted by molar-refractivity contribution is 5.93. The van der Waals surface area contributed by atoms with Crippen molar-refractivity contribution in [1.29, 1.82) is 0 Å². The summed E-state index contributed by atoms with van der Waals surface area (Å²) in [6.07, 6.45) is 1.98. The van der Waals surface area contributed by atoms with Gasteiger partial charge in [-0.3, -0.25) is 0 Å². The summed E-state index contributed by atoms with van der Waals surface area (Å²) in [5, 5.41) is 4.60. The molecule has 5 rings (SSSR count). The zero-order valence-electron chi connectivity index (χ0n) is 20.2. The van der Waals surface area contributed by atoms with Crippen LogP contribution in [-0.2, 0) is 0 Å². The number of fused-ring (bicyclic) bond motifs is 1. The fourth-order valence-electron chi connectivity index (χ4n) is 4.33. The quantitative estimate of drug-likeness (QED) is 0.445. The molecule has 6 nitrogen and oxygen atoms in total. The highest BCUT2D eigenvalue weighted by Crippen LogP contribution is 2.33. The third-order valence-electron chi connectivity index (χ3n) is 6.01. The van der Waals surface area contributed by atoms with Crippen molar-refractivity contribution in [2.24, 2.45) is 0 Å². The van der Waals surface area contributed by atoms with E-state index in [1.807, 2.05) is 33.0 Å². The predicted molar refractivity (Wildman–Crippen MR) is 137 cm³/mol. The molecule has 0 spiro atoms. The van der Waals surface area contributed by atoms with Gasteiger partial charge in [0.25, 0.3) is 0 Å². The standard InChI is InChI=1S/C25H27N5O.C2H6/c1-16-12-20(14-24(28-16)31-3)25-17(2)21-6-4-18(13-22(21)29-25)19-5-7-23(27-15-19)30-10-8-26-9-11-30;1-2/h4-7,12-15,26,29H,8-11H2,1-3H3;1-2H3. The van der Waals surface area contributed by atoms with Gasteiger partial charge in [0, 0.05) is 71.9 Å². The molecular formula is C27H33N5O. The number of anilines is 1. The van der Waals surface area contributed by atoms with Gasteiger partial charge in [-0.15, -0.1) is 0 Å². The number of piperazine rings is 1. The molecule has 0 radical (unpaired) electrons. The SMILES string of the molecule is CC.COc1cc(-c2[nH]c3cc(-c4ccc(N5CCNCC5)nc4)ccc3c2C)cc(C)n1. The van der Waals surface area contributed by atoms with Crippen molar-refractivity contribution < 1.29 is 4.74 Å². The van der Waals surface area contributed by atoms with E-state index in [1.165, 1.54) is 10.9 Å². The number of ether oxygens (including phenoxy) is 1. The van der Waals surface area contributed by atoms with Crippen LogP contribution in [0.25, 0.3) is 33.3 Å². The van der Waals surface area contributed by atoms with Crippen molar-refractivity contribution in [3.63, 3.8) is 0 Å². The maximum Gasteiger partial charge on any atom is 0.213 e. The van der Waals surface area contributed by atoms with Gasteiger partial charge in [0.2, 0.25) is 5.88 Å². The number of pyridine rings is 2. The molecule has 0 unspecified atom stereocenters. The molecule has 172 valence electrons. The summed E-state index contributed by atoms with van der Waals surface area (Å²) in [5.41, 5.74) is 7.73. The van der Waals surface area contributed by atoms with Crippen LogP contribution in [0.2, 0.25) is 0 Å². The Labute approximate surface area is 196 Å². The van der Waals surface area contributed by atoms with E-state index in [0.29, 0.717) is 5.88 Å². The van der Waals surface area contributed by atoms with Gasteiger partial charge in [-0.25, -0.2) is 9.97 Å². The maximum absolute atomic E-state index is 5.36. The summed E-state index contributed by atoms with van der Waals surface area (Å²) in [6, 6.07) is 14.9. The van der Waals surface area contributed by atoms with E-state index < -0.39 is 0 Å². The van der Waals surface area contributed by atoms with Gasteiger partial charge in [-0.05, 0) is 49.2 Å². The summed E-state index contributed by atoms with van der Waals surface area (Å²) in [7, 11) is 1.65. The Hall–Kier alpha value is -3.38. The molecule has 0 bridgehead atoms. The van der Waals surface area contributed by atoms with Crippen LogP contribution in [0.1, 0.15) is 25.1 Å². The summed E-state index contributed by atoms with van der Waals surface area (Å²) >= 11 is 0. The van der Waals surface area contributed by atoms with Gasteiger partial charge >= 0.3 is 0 Å². The molecule has 0 aliphatic carbocycles. The van der Waals surface area contributed by atoms with Crippen LogP contribution < -0.4 is 15.0 Å². The van der Waals surface area contributed by atoms with E-state index in [9.17, 15) is 0 Å². The van der Waals surface area contributed by atoms with Crippen molar-refractivity contribution in [2.75, 3.05) is 38.2 Å². The first-order chi connectivity index (χ1) is 16.1. The van der Waals surface area contributed by atoms with E-state index in [1.54, 1.807) is 7.11 Å². The van der Waals surface area contributed by atoms with E-state index in [4.69, 9.17) is 9.72 Å². The van der Waals surface area contributed by atoms with Crippen LogP contribution in [0.4, 0.5) is 5.82 Å². The van der Waals surface area contributed by atoms with Gasteiger partial charge in [0.1, 0.15) is 5.82 Å². The van der Waals surface area contributed by atoms with Gasteiger partial charge in [0.05, 0.1) is 7.11 Å². The smallest absolute Gasteiger partial charge is 0.213 e. The van der Waals surface area contributed by atoms with Crippen LogP contribution >= 0.6 is 0 Å². The molecule has 1 saturated heterocycles. The zero-order valence-corrected chi connectivity index (χ0v) is 20.2. The molecule has 3 aromatic heterocycles. The number of aryl methyl sites for hydroxylation is 2. The first kappa shape index (κ1) is 22.8. The van der Waals surface area contributed by atoms with Crippen molar-refractivity contribution in [1.82, 2.24) is 20.3 Å². The van der Waals surface area contributed by atoms with E-state index in [0.717, 1.165) is 65.6 Å². The lowest BCUT2D eigenvalue weighted by molar-refractivity contribution is 0.397. The average Bonchev–Trinajstić information content (AvgIpc) is 3.21. The Kier molecular flexibility index (Phi) is 6.94. The fourth-order valence-corrected chi connectivity index (χ4v) is 4.33. The number of benzene rings is 1. The first-order valence-electron chi connectivity index (χ1n) is 11.7. The van der Waals surface area contributed by atoms with Crippen LogP contribution in [0, 0.1) is 13.8 Å². The van der Waals surface area contributed by atoms with Crippen LogP contribution in [-0.4, -0.2) is 48.2 Å². The number of hydrogen-bond acceptors (Lipinski definition) is 5. The van der Waals surface area contributed by atoms with Crippen LogP contribution in [0.5, 0.6) is 5.88 Å². The molecular weight excluding hydrogens is 410 g/mol. The van der Waals surface area contributed by atoms with E-state index in [-0.39, 0.29) is 0 Å². The molecule has 2 N–H and O–H groups in total. The minimum absolute atomic E-state index is 0.629. The average molecular weight is 444 g/mol. The molecule has 1 aliphatic rings. The number of methoxy groups -OCH3 is 1. The van der Waals surface area contributed by atoms with Gasteiger partial charge < -0.3 is 19.9 Å². The number of hydrogen-bond donors (Lipinski definition) is 2. The molecule has 6 heteroatoms. The second-order valence-electron chi connectivity index (χ2n) is 8.07. The minimum Gasteiger partial charge on any atom is -0.481 e. The molecule has 4 heterocycles. The Balaban J connectivity index is 0.00000126. The number of aromatic nitrogens is 3. The molecule has 33 heavy (non-hydrogen) atoms. The summed E-state index contributed by atoms with van der Waals surface area (Å²) in [6.45, 7) is 12.2. The topological polar surface area (TPSA) is 66.1 Å². The lowest BCUT2D eigenvalue weighted by Crippen LogP contribution is -2.43. The largest absolute Gasteiger partial charge is 0.481 e. The Morgan fingerprint density at radius 2 is 1.67 bits per heavy atom. The lowest BCUT2D eigenvalue weighted by atomic mass is 10.0. The van der Waals surface area contributed by atoms with Gasteiger partial charge in [-0.1, -0.05) is 26.0 Å². The maximum atomic E-state index is 5.36. The van der Waals surface area contributed by atoms with Crippen LogP contribution in [0.15, 0.2) is 48.7 Å². The second-order valence-corrected chi connectivity index (χ2v) is 8.07. The monoisotopic (exact) mass is 443 g/mol. The number of aromatic amines is 1. The highest BCUT2D eigenvalue weighted by atomic mass is 16.5. The first-order valence-corrected chi connectivity index (χ1v) is 11.7. The van der Waals surface area contributed by atoms with E-state index >= 15 is 0 Å².